The molecule has 1 heterocycles. The summed E-state index contributed by atoms with van der Waals surface area (Å²) < 4.78 is 7.33. The van der Waals surface area contributed by atoms with E-state index in [9.17, 15) is 0 Å². The molecular formula is C13H12ClN3O. The second-order valence-corrected chi connectivity index (χ2v) is 4.11. The molecule has 0 bridgehead atoms. The second kappa shape index (κ2) is 6.20. The lowest BCUT2D eigenvalue weighted by Crippen LogP contribution is -2.13. The second-order valence-electron chi connectivity index (χ2n) is 3.67. The minimum absolute atomic E-state index is 0.167. The molecule has 1 unspecified atom stereocenters. The van der Waals surface area contributed by atoms with Crippen LogP contribution in [-0.4, -0.2) is 21.4 Å². The van der Waals surface area contributed by atoms with Gasteiger partial charge in [-0.1, -0.05) is 29.7 Å². The number of ether oxygens (including phenoxy) is 1. The first-order chi connectivity index (χ1) is 8.79. The van der Waals surface area contributed by atoms with E-state index < -0.39 is 0 Å². The molecule has 0 saturated carbocycles. The van der Waals surface area contributed by atoms with Crippen molar-refractivity contribution in [3.05, 3.63) is 47.5 Å². The van der Waals surface area contributed by atoms with E-state index >= 15 is 0 Å². The number of hydrogen-bond acceptors (Lipinski definition) is 3. The van der Waals surface area contributed by atoms with Gasteiger partial charge in [0.2, 0.25) is 0 Å². The van der Waals surface area contributed by atoms with Crippen LogP contribution in [0.4, 0.5) is 0 Å². The Hall–Kier alpha value is -1.83. The van der Waals surface area contributed by atoms with Crippen LogP contribution in [0.2, 0.25) is 5.02 Å². The third-order valence-electron chi connectivity index (χ3n) is 2.43. The smallest absolute Gasteiger partial charge is 0.137 e. The Morgan fingerprint density at radius 2 is 2.17 bits per heavy atom. The number of nitrogens with zero attached hydrogens (tertiary/aromatic N) is 3. The van der Waals surface area contributed by atoms with Crippen LogP contribution in [0.1, 0.15) is 11.7 Å². The quantitative estimate of drug-likeness (QED) is 0.776. The molecule has 0 aliphatic carbocycles. The lowest BCUT2D eigenvalue weighted by molar-refractivity contribution is 0.0612. The standard InChI is InChI=1S/C13H12ClN3O/c1-2-7-18-13(8-17-10-15-9-16-17)11-3-5-12(14)6-4-11/h1,3-6,9-10,13H,7-8H2. The maximum atomic E-state index is 5.86. The van der Waals surface area contributed by atoms with E-state index in [0.29, 0.717) is 11.6 Å². The lowest BCUT2D eigenvalue weighted by atomic mass is 10.1. The number of halogens is 1. The molecule has 2 rings (SSSR count). The van der Waals surface area contributed by atoms with Gasteiger partial charge in [-0.05, 0) is 17.7 Å². The van der Waals surface area contributed by atoms with Crippen molar-refractivity contribution in [3.8, 4) is 12.3 Å². The fraction of sp³-hybridized carbons (Fsp3) is 0.231. The monoisotopic (exact) mass is 261 g/mol. The zero-order valence-electron chi connectivity index (χ0n) is 9.66. The molecule has 18 heavy (non-hydrogen) atoms. The molecule has 0 aliphatic rings. The molecule has 1 aromatic heterocycles. The minimum atomic E-state index is -0.167. The first-order valence-electron chi connectivity index (χ1n) is 5.42. The van der Waals surface area contributed by atoms with Crippen LogP contribution >= 0.6 is 11.6 Å². The molecule has 0 N–H and O–H groups in total. The molecule has 0 amide bonds. The van der Waals surface area contributed by atoms with E-state index in [1.54, 1.807) is 11.0 Å². The number of aromatic nitrogens is 3. The average Bonchev–Trinajstić information content (AvgIpc) is 2.88. The molecule has 0 fully saturated rings. The minimum Gasteiger partial charge on any atom is -0.359 e. The molecule has 92 valence electrons. The highest BCUT2D eigenvalue weighted by Crippen LogP contribution is 2.21. The Morgan fingerprint density at radius 1 is 1.39 bits per heavy atom. The van der Waals surface area contributed by atoms with Gasteiger partial charge >= 0.3 is 0 Å². The summed E-state index contributed by atoms with van der Waals surface area (Å²) in [6.45, 7) is 0.811. The first-order valence-corrected chi connectivity index (χ1v) is 5.80. The summed E-state index contributed by atoms with van der Waals surface area (Å²) >= 11 is 5.86. The SMILES string of the molecule is C#CCOC(Cn1cncn1)c1ccc(Cl)cc1. The Bertz CT molecular complexity index is 516. The summed E-state index contributed by atoms with van der Waals surface area (Å²) in [5.41, 5.74) is 1.00. The van der Waals surface area contributed by atoms with E-state index in [1.807, 2.05) is 24.3 Å². The van der Waals surface area contributed by atoms with Crippen LogP contribution in [0.5, 0.6) is 0 Å². The van der Waals surface area contributed by atoms with Gasteiger partial charge in [0.25, 0.3) is 0 Å². The lowest BCUT2D eigenvalue weighted by Gasteiger charge is -2.16. The third-order valence-corrected chi connectivity index (χ3v) is 2.68. The van der Waals surface area contributed by atoms with Gasteiger partial charge in [-0.25, -0.2) is 4.98 Å². The van der Waals surface area contributed by atoms with Crippen LogP contribution in [0, 0.1) is 12.3 Å². The van der Waals surface area contributed by atoms with E-state index in [2.05, 4.69) is 16.0 Å². The number of rotatable bonds is 5. The number of hydrogen-bond donors (Lipinski definition) is 0. The highest BCUT2D eigenvalue weighted by atomic mass is 35.5. The molecule has 5 heteroatoms. The van der Waals surface area contributed by atoms with Gasteiger partial charge in [-0.15, -0.1) is 6.42 Å². The van der Waals surface area contributed by atoms with Gasteiger partial charge in [0.05, 0.1) is 6.54 Å². The fourth-order valence-electron chi connectivity index (χ4n) is 1.58. The zero-order chi connectivity index (χ0) is 12.8. The Balaban J connectivity index is 2.14. The summed E-state index contributed by atoms with van der Waals surface area (Å²) in [6, 6.07) is 7.48. The van der Waals surface area contributed by atoms with Gasteiger partial charge in [-0.3, -0.25) is 4.68 Å². The molecule has 1 aromatic carbocycles. The van der Waals surface area contributed by atoms with Crippen molar-refractivity contribution >= 4 is 11.6 Å². The van der Waals surface area contributed by atoms with Crippen LogP contribution in [0.25, 0.3) is 0 Å². The zero-order valence-corrected chi connectivity index (χ0v) is 10.4. The maximum absolute atomic E-state index is 5.86. The Kier molecular flexibility index (Phi) is 4.35. The number of benzene rings is 1. The van der Waals surface area contributed by atoms with Crippen LogP contribution in [0.15, 0.2) is 36.9 Å². The van der Waals surface area contributed by atoms with Gasteiger partial charge in [0, 0.05) is 5.02 Å². The first kappa shape index (κ1) is 12.6. The average molecular weight is 262 g/mol. The third kappa shape index (κ3) is 3.33. The molecule has 0 saturated heterocycles. The summed E-state index contributed by atoms with van der Waals surface area (Å²) in [6.07, 6.45) is 8.18. The van der Waals surface area contributed by atoms with Crippen molar-refractivity contribution in [2.45, 2.75) is 12.6 Å². The van der Waals surface area contributed by atoms with Gasteiger partial charge in [0.1, 0.15) is 25.4 Å². The highest BCUT2D eigenvalue weighted by molar-refractivity contribution is 6.30. The van der Waals surface area contributed by atoms with E-state index in [-0.39, 0.29) is 12.7 Å². The van der Waals surface area contributed by atoms with Gasteiger partial charge < -0.3 is 4.74 Å². The predicted octanol–water partition coefficient (Wildman–Crippen LogP) is 2.32. The normalized spacial score (nSPS) is 12.0. The molecular weight excluding hydrogens is 250 g/mol. The number of terminal acetylenes is 1. The summed E-state index contributed by atoms with van der Waals surface area (Å²) in [5.74, 6) is 2.47. The molecule has 2 aromatic rings. The van der Waals surface area contributed by atoms with Crippen molar-refractivity contribution in [1.29, 1.82) is 0 Å². The molecule has 1 atom stereocenters. The molecule has 0 spiro atoms. The summed E-state index contributed by atoms with van der Waals surface area (Å²) in [5, 5.41) is 4.75. The molecule has 0 aliphatic heterocycles. The van der Waals surface area contributed by atoms with Crippen molar-refractivity contribution in [2.75, 3.05) is 6.61 Å². The maximum Gasteiger partial charge on any atom is 0.137 e. The topological polar surface area (TPSA) is 39.9 Å². The van der Waals surface area contributed by atoms with Gasteiger partial charge in [0.15, 0.2) is 0 Å². The van der Waals surface area contributed by atoms with Crippen LogP contribution in [0.3, 0.4) is 0 Å². The van der Waals surface area contributed by atoms with Crippen molar-refractivity contribution < 1.29 is 4.74 Å². The van der Waals surface area contributed by atoms with Crippen molar-refractivity contribution in [1.82, 2.24) is 14.8 Å². The predicted molar refractivity (Wildman–Crippen MR) is 69.0 cm³/mol. The Morgan fingerprint density at radius 3 is 2.78 bits per heavy atom. The van der Waals surface area contributed by atoms with Crippen molar-refractivity contribution in [3.63, 3.8) is 0 Å². The van der Waals surface area contributed by atoms with Crippen molar-refractivity contribution in [2.24, 2.45) is 0 Å². The summed E-state index contributed by atoms with van der Waals surface area (Å²) in [7, 11) is 0. The molecule has 0 radical (unpaired) electrons. The highest BCUT2D eigenvalue weighted by Gasteiger charge is 2.13. The van der Waals surface area contributed by atoms with E-state index in [0.717, 1.165) is 5.56 Å². The Labute approximate surface area is 111 Å². The van der Waals surface area contributed by atoms with E-state index in [4.69, 9.17) is 22.8 Å². The van der Waals surface area contributed by atoms with Crippen LogP contribution in [-0.2, 0) is 11.3 Å². The largest absolute Gasteiger partial charge is 0.359 e. The van der Waals surface area contributed by atoms with Crippen LogP contribution < -0.4 is 0 Å². The van der Waals surface area contributed by atoms with E-state index in [1.165, 1.54) is 6.33 Å². The van der Waals surface area contributed by atoms with Gasteiger partial charge in [-0.2, -0.15) is 5.10 Å². The molecule has 4 nitrogen and oxygen atoms in total. The fourth-order valence-corrected chi connectivity index (χ4v) is 1.70. The summed E-state index contributed by atoms with van der Waals surface area (Å²) in [4.78, 5) is 3.90.